The zero-order chi connectivity index (χ0) is 10.4. The average Bonchev–Trinajstić information content (AvgIpc) is 2.03. The van der Waals surface area contributed by atoms with Gasteiger partial charge in [-0.05, 0) is 31.1 Å². The van der Waals surface area contributed by atoms with Crippen LogP contribution in [0.5, 0.6) is 0 Å². The Morgan fingerprint density at radius 3 is 2.23 bits per heavy atom. The summed E-state index contributed by atoms with van der Waals surface area (Å²) in [5.74, 6) is 1.54. The maximum absolute atomic E-state index is 4.31. The Morgan fingerprint density at radius 1 is 1.31 bits per heavy atom. The highest BCUT2D eigenvalue weighted by atomic mass is 31.1. The van der Waals surface area contributed by atoms with Gasteiger partial charge in [0.2, 0.25) is 0 Å². The summed E-state index contributed by atoms with van der Waals surface area (Å²) in [6, 6.07) is 0. The van der Waals surface area contributed by atoms with Crippen LogP contribution in [0.3, 0.4) is 0 Å². The lowest BCUT2D eigenvalue weighted by Crippen LogP contribution is -2.03. The molecule has 78 valence electrons. The van der Waals surface area contributed by atoms with Gasteiger partial charge in [0, 0.05) is 0 Å². The molecule has 3 unspecified atom stereocenters. The van der Waals surface area contributed by atoms with Gasteiger partial charge in [0.25, 0.3) is 0 Å². The van der Waals surface area contributed by atoms with Crippen LogP contribution in [0.15, 0.2) is 12.2 Å². The fraction of sp³-hybridized carbons (Fsp3) is 0.750. The first kappa shape index (κ1) is 13.0. The Balaban J connectivity index is 3.81. The lowest BCUT2D eigenvalue weighted by Gasteiger charge is -2.16. The smallest absolute Gasteiger partial charge is 0.0200 e. The van der Waals surface area contributed by atoms with Gasteiger partial charge in [-0.2, -0.15) is 0 Å². The second-order valence-corrected chi connectivity index (χ2v) is 6.74. The first-order valence-electron chi connectivity index (χ1n) is 5.29. The number of allylic oxidation sites excluding steroid dienone is 1. The van der Waals surface area contributed by atoms with Crippen LogP contribution in [0.1, 0.15) is 34.1 Å². The van der Waals surface area contributed by atoms with Gasteiger partial charge < -0.3 is 0 Å². The largest absolute Gasteiger partial charge is 0.124 e. The van der Waals surface area contributed by atoms with Crippen molar-refractivity contribution in [1.82, 2.24) is 0 Å². The van der Waals surface area contributed by atoms with E-state index in [0.29, 0.717) is 5.92 Å². The summed E-state index contributed by atoms with van der Waals surface area (Å²) in [7, 11) is -0.355. The molecule has 0 radical (unpaired) electrons. The third-order valence-corrected chi connectivity index (χ3v) is 5.23. The van der Waals surface area contributed by atoms with Crippen molar-refractivity contribution in [1.29, 1.82) is 0 Å². The molecule has 0 fully saturated rings. The third kappa shape index (κ3) is 6.16. The van der Waals surface area contributed by atoms with Gasteiger partial charge >= 0.3 is 0 Å². The predicted octanol–water partition coefficient (Wildman–Crippen LogP) is 3.89. The Hall–Kier alpha value is 0.0400. The van der Waals surface area contributed by atoms with Gasteiger partial charge in [0.15, 0.2) is 0 Å². The summed E-state index contributed by atoms with van der Waals surface area (Å²) in [6.07, 6.45) is 8.26. The van der Waals surface area contributed by atoms with Gasteiger partial charge in [0.05, 0.1) is 0 Å². The minimum absolute atomic E-state index is 0.355. The van der Waals surface area contributed by atoms with Crippen LogP contribution in [0.4, 0.5) is 0 Å². The molecule has 0 rings (SSSR count). The van der Waals surface area contributed by atoms with Gasteiger partial charge in [0.1, 0.15) is 0 Å². The highest BCUT2D eigenvalue weighted by Crippen LogP contribution is 2.29. The van der Waals surface area contributed by atoms with E-state index >= 15 is 0 Å². The monoisotopic (exact) mass is 200 g/mol. The van der Waals surface area contributed by atoms with E-state index in [2.05, 4.69) is 40.6 Å². The molecule has 0 aromatic rings. The van der Waals surface area contributed by atoms with E-state index in [4.69, 9.17) is 0 Å². The maximum Gasteiger partial charge on any atom is -0.0200 e. The van der Waals surface area contributed by atoms with Crippen molar-refractivity contribution in [3.05, 3.63) is 12.2 Å². The second-order valence-electron chi connectivity index (χ2n) is 4.42. The Labute approximate surface area is 84.8 Å². The topological polar surface area (TPSA) is 0 Å². The van der Waals surface area contributed by atoms with Gasteiger partial charge in [-0.1, -0.05) is 39.3 Å². The molecule has 0 aliphatic carbocycles. The first-order valence-corrected chi connectivity index (χ1v) is 7.41. The molecule has 0 aromatic heterocycles. The molecule has 0 saturated carbocycles. The van der Waals surface area contributed by atoms with Gasteiger partial charge in [-0.15, -0.1) is 13.8 Å². The van der Waals surface area contributed by atoms with Crippen LogP contribution in [0, 0.1) is 11.8 Å². The third-order valence-electron chi connectivity index (χ3n) is 2.77. The van der Waals surface area contributed by atoms with Crippen molar-refractivity contribution in [2.75, 3.05) is 12.3 Å². The zero-order valence-electron chi connectivity index (χ0n) is 9.69. The Morgan fingerprint density at radius 2 is 1.85 bits per heavy atom. The van der Waals surface area contributed by atoms with Gasteiger partial charge in [-0.3, -0.25) is 0 Å². The SMILES string of the molecule is C=C(C)C(C)C[PH](=C)CC(C)CC. The first-order chi connectivity index (χ1) is 5.97. The molecule has 3 atom stereocenters. The Bertz CT molecular complexity index is 182. The molecule has 0 bridgehead atoms. The fourth-order valence-electron chi connectivity index (χ4n) is 1.33. The molecule has 0 amide bonds. The van der Waals surface area contributed by atoms with Crippen LogP contribution in [0.25, 0.3) is 0 Å². The van der Waals surface area contributed by atoms with Crippen LogP contribution in [-0.4, -0.2) is 18.6 Å². The number of hydrogen-bond acceptors (Lipinski definition) is 0. The molecule has 0 heterocycles. The van der Waals surface area contributed by atoms with E-state index < -0.39 is 0 Å². The lowest BCUT2D eigenvalue weighted by atomic mass is 10.1. The Kier molecular flexibility index (Phi) is 6.51. The van der Waals surface area contributed by atoms with Crippen molar-refractivity contribution < 1.29 is 0 Å². The summed E-state index contributed by atoms with van der Waals surface area (Å²) in [4.78, 5) is 0. The molecular weight excluding hydrogens is 175 g/mol. The molecule has 13 heavy (non-hydrogen) atoms. The van der Waals surface area contributed by atoms with E-state index in [0.717, 1.165) is 5.92 Å². The molecule has 0 aromatic carbocycles. The van der Waals surface area contributed by atoms with Crippen LogP contribution in [0.2, 0.25) is 0 Å². The molecule has 0 spiro atoms. The van der Waals surface area contributed by atoms with Crippen LogP contribution in [-0.2, 0) is 0 Å². The maximum atomic E-state index is 4.31. The van der Waals surface area contributed by atoms with Crippen molar-refractivity contribution in [3.8, 4) is 0 Å². The summed E-state index contributed by atoms with van der Waals surface area (Å²) in [6.45, 7) is 13.0. The van der Waals surface area contributed by atoms with E-state index in [1.165, 1.54) is 24.3 Å². The van der Waals surface area contributed by atoms with E-state index in [9.17, 15) is 0 Å². The van der Waals surface area contributed by atoms with Gasteiger partial charge in [-0.25, -0.2) is 0 Å². The predicted molar refractivity (Wildman–Crippen MR) is 68.6 cm³/mol. The molecular formula is C12H25P. The summed E-state index contributed by atoms with van der Waals surface area (Å²) >= 11 is 0. The summed E-state index contributed by atoms with van der Waals surface area (Å²) < 4.78 is 0. The number of rotatable bonds is 6. The molecule has 0 nitrogen and oxygen atoms in total. The molecule has 0 N–H and O–H groups in total. The standard InChI is InChI=1S/C12H25P/c1-7-11(4)8-13(6)9-12(5)10(2)3/h11-13H,2,6-9H2,1,3-5H3. The van der Waals surface area contributed by atoms with E-state index in [1.54, 1.807) is 0 Å². The minimum Gasteiger partial charge on any atom is -0.124 e. The zero-order valence-corrected chi connectivity index (χ0v) is 10.7. The molecule has 1 heteroatoms. The normalized spacial score (nSPS) is 17.8. The van der Waals surface area contributed by atoms with Crippen molar-refractivity contribution >= 4 is 13.8 Å². The molecule has 0 aliphatic rings. The minimum atomic E-state index is -0.355. The highest BCUT2D eigenvalue weighted by molar-refractivity contribution is 7.55. The molecule has 0 saturated heterocycles. The van der Waals surface area contributed by atoms with Crippen molar-refractivity contribution in [2.24, 2.45) is 11.8 Å². The van der Waals surface area contributed by atoms with Crippen LogP contribution < -0.4 is 0 Å². The van der Waals surface area contributed by atoms with E-state index in [-0.39, 0.29) is 7.55 Å². The van der Waals surface area contributed by atoms with Crippen molar-refractivity contribution in [3.63, 3.8) is 0 Å². The molecule has 0 aliphatic heterocycles. The highest BCUT2D eigenvalue weighted by Gasteiger charge is 2.06. The fourth-order valence-corrected chi connectivity index (χ4v) is 3.98. The summed E-state index contributed by atoms with van der Waals surface area (Å²) in [5, 5.41) is 0. The van der Waals surface area contributed by atoms with Crippen LogP contribution >= 0.6 is 7.55 Å². The lowest BCUT2D eigenvalue weighted by molar-refractivity contribution is 0.632. The summed E-state index contributed by atoms with van der Waals surface area (Å²) in [5.41, 5.74) is 1.32. The number of hydrogen-bond donors (Lipinski definition) is 0. The van der Waals surface area contributed by atoms with Crippen molar-refractivity contribution in [2.45, 2.75) is 34.1 Å². The van der Waals surface area contributed by atoms with E-state index in [1.807, 2.05) is 0 Å². The quantitative estimate of drug-likeness (QED) is 0.450. The average molecular weight is 200 g/mol. The second kappa shape index (κ2) is 6.49.